The normalized spacial score (nSPS) is 14.6. The van der Waals surface area contributed by atoms with Crippen LogP contribution < -0.4 is 17.2 Å². The monoisotopic (exact) mass is 251 g/mol. The van der Waals surface area contributed by atoms with Gasteiger partial charge in [0.25, 0.3) is 0 Å². The van der Waals surface area contributed by atoms with Crippen LogP contribution in [0.5, 0.6) is 0 Å². The third-order valence-electron chi connectivity index (χ3n) is 2.87. The average Bonchev–Trinajstić information content (AvgIpc) is 2.62. The molecule has 0 aliphatic carbocycles. The maximum absolute atomic E-state index is 11.3. The third-order valence-corrected chi connectivity index (χ3v) is 2.87. The van der Waals surface area contributed by atoms with E-state index in [1.165, 1.54) is 10.6 Å². The molecule has 7 heteroatoms. The van der Waals surface area contributed by atoms with Crippen LogP contribution >= 0.6 is 0 Å². The Morgan fingerprint density at radius 3 is 2.72 bits per heavy atom. The van der Waals surface area contributed by atoms with Crippen molar-refractivity contribution in [1.82, 2.24) is 4.57 Å². The zero-order chi connectivity index (χ0) is 13.4. The summed E-state index contributed by atoms with van der Waals surface area (Å²) in [6.07, 6.45) is 0. The highest BCUT2D eigenvalue weighted by atomic mass is 16.4. The van der Waals surface area contributed by atoms with Crippen molar-refractivity contribution >= 4 is 17.1 Å². The molecule has 0 saturated carbocycles. The van der Waals surface area contributed by atoms with Gasteiger partial charge in [-0.25, -0.2) is 4.79 Å². The van der Waals surface area contributed by atoms with Crippen molar-refractivity contribution in [3.63, 3.8) is 0 Å². The number of carbonyl (C=O) groups is 1. The largest absolute Gasteiger partial charge is 0.480 e. The van der Waals surface area contributed by atoms with Crippen LogP contribution in [-0.2, 0) is 11.8 Å². The highest BCUT2D eigenvalue weighted by Crippen LogP contribution is 2.19. The summed E-state index contributed by atoms with van der Waals surface area (Å²) >= 11 is 0. The van der Waals surface area contributed by atoms with Crippen LogP contribution in [0.1, 0.15) is 11.6 Å². The summed E-state index contributed by atoms with van der Waals surface area (Å²) < 4.78 is 6.34. The van der Waals surface area contributed by atoms with Gasteiger partial charge in [0.15, 0.2) is 5.58 Å². The van der Waals surface area contributed by atoms with Gasteiger partial charge in [0.2, 0.25) is 0 Å². The van der Waals surface area contributed by atoms with E-state index < -0.39 is 23.8 Å². The number of oxazole rings is 1. The second-order valence-electron chi connectivity index (χ2n) is 4.04. The Balaban J connectivity index is 2.47. The Hall–Kier alpha value is -2.12. The summed E-state index contributed by atoms with van der Waals surface area (Å²) in [5.41, 5.74) is 12.7. The van der Waals surface area contributed by atoms with Crippen molar-refractivity contribution < 1.29 is 14.3 Å². The molecular weight excluding hydrogens is 238 g/mol. The molecule has 0 saturated heterocycles. The molecule has 2 atom stereocenters. The molecule has 0 radical (unpaired) electrons. The molecule has 1 aromatic carbocycles. The van der Waals surface area contributed by atoms with Gasteiger partial charge in [-0.05, 0) is 17.7 Å². The molecule has 18 heavy (non-hydrogen) atoms. The second kappa shape index (κ2) is 4.28. The van der Waals surface area contributed by atoms with Gasteiger partial charge in [-0.2, -0.15) is 0 Å². The summed E-state index contributed by atoms with van der Waals surface area (Å²) in [5.74, 6) is -1.67. The molecule has 1 heterocycles. The Kier molecular flexibility index (Phi) is 2.93. The molecular formula is C11H13N3O4. The topological polar surface area (TPSA) is 124 Å². The first-order valence-corrected chi connectivity index (χ1v) is 5.25. The van der Waals surface area contributed by atoms with E-state index in [-0.39, 0.29) is 0 Å². The van der Waals surface area contributed by atoms with Gasteiger partial charge >= 0.3 is 11.7 Å². The highest BCUT2D eigenvalue weighted by molar-refractivity contribution is 5.76. The molecule has 0 amide bonds. The number of aliphatic carboxylic acids is 1. The molecule has 2 unspecified atom stereocenters. The summed E-state index contributed by atoms with van der Waals surface area (Å²) in [4.78, 5) is 22.1. The van der Waals surface area contributed by atoms with Gasteiger partial charge in [-0.15, -0.1) is 0 Å². The number of carboxylic acids is 1. The van der Waals surface area contributed by atoms with Gasteiger partial charge in [0.05, 0.1) is 11.6 Å². The maximum atomic E-state index is 11.3. The van der Waals surface area contributed by atoms with Crippen LogP contribution in [0.15, 0.2) is 27.4 Å². The van der Waals surface area contributed by atoms with Crippen molar-refractivity contribution in [3.05, 3.63) is 34.3 Å². The molecule has 2 rings (SSSR count). The van der Waals surface area contributed by atoms with E-state index >= 15 is 0 Å². The van der Waals surface area contributed by atoms with Crippen LogP contribution in [-0.4, -0.2) is 21.7 Å². The first-order valence-electron chi connectivity index (χ1n) is 5.25. The minimum Gasteiger partial charge on any atom is -0.480 e. The van der Waals surface area contributed by atoms with E-state index in [4.69, 9.17) is 21.0 Å². The number of rotatable bonds is 3. The Morgan fingerprint density at radius 1 is 1.44 bits per heavy atom. The lowest BCUT2D eigenvalue weighted by atomic mass is 10.0. The summed E-state index contributed by atoms with van der Waals surface area (Å²) in [6, 6.07) is 2.73. The molecule has 0 bridgehead atoms. The van der Waals surface area contributed by atoms with E-state index in [0.29, 0.717) is 16.7 Å². The second-order valence-corrected chi connectivity index (χ2v) is 4.04. The van der Waals surface area contributed by atoms with E-state index in [0.717, 1.165) is 0 Å². The fraction of sp³-hybridized carbons (Fsp3) is 0.273. The van der Waals surface area contributed by atoms with Crippen molar-refractivity contribution in [2.24, 2.45) is 18.5 Å². The predicted octanol–water partition coefficient (Wildman–Crippen LogP) is -0.457. The molecule has 0 spiro atoms. The number of aromatic nitrogens is 1. The lowest BCUT2D eigenvalue weighted by molar-refractivity contribution is -0.139. The molecule has 96 valence electrons. The van der Waals surface area contributed by atoms with E-state index in [1.54, 1.807) is 19.2 Å². The molecule has 1 aromatic heterocycles. The third kappa shape index (κ3) is 1.89. The first-order chi connectivity index (χ1) is 8.41. The number of nitrogens with two attached hydrogens (primary N) is 2. The van der Waals surface area contributed by atoms with E-state index in [9.17, 15) is 9.59 Å². The smallest absolute Gasteiger partial charge is 0.419 e. The Bertz CT molecular complexity index is 658. The summed E-state index contributed by atoms with van der Waals surface area (Å²) in [7, 11) is 1.58. The average molecular weight is 251 g/mol. The van der Waals surface area contributed by atoms with E-state index in [1.807, 2.05) is 0 Å². The van der Waals surface area contributed by atoms with Gasteiger partial charge in [-0.3, -0.25) is 9.36 Å². The number of hydrogen-bond donors (Lipinski definition) is 3. The fourth-order valence-corrected chi connectivity index (χ4v) is 1.72. The molecule has 0 fully saturated rings. The van der Waals surface area contributed by atoms with Crippen LogP contribution in [0.4, 0.5) is 0 Å². The van der Waals surface area contributed by atoms with Crippen molar-refractivity contribution in [1.29, 1.82) is 0 Å². The van der Waals surface area contributed by atoms with Crippen LogP contribution in [0, 0.1) is 0 Å². The van der Waals surface area contributed by atoms with Crippen LogP contribution in [0.25, 0.3) is 11.1 Å². The first kappa shape index (κ1) is 12.3. The predicted molar refractivity (Wildman–Crippen MR) is 64.0 cm³/mol. The number of carboxylic acid groups (broad SMARTS) is 1. The lowest BCUT2D eigenvalue weighted by Crippen LogP contribution is -2.40. The molecule has 5 N–H and O–H groups in total. The van der Waals surface area contributed by atoms with Gasteiger partial charge < -0.3 is 21.0 Å². The van der Waals surface area contributed by atoms with Crippen molar-refractivity contribution in [3.8, 4) is 0 Å². The number of benzene rings is 1. The van der Waals surface area contributed by atoms with Crippen molar-refractivity contribution in [2.75, 3.05) is 0 Å². The van der Waals surface area contributed by atoms with Gasteiger partial charge in [0.1, 0.15) is 6.04 Å². The fourth-order valence-electron chi connectivity index (χ4n) is 1.72. The number of hydrogen-bond acceptors (Lipinski definition) is 5. The van der Waals surface area contributed by atoms with Crippen molar-refractivity contribution in [2.45, 2.75) is 12.1 Å². The number of nitrogens with zero attached hydrogens (tertiary/aromatic N) is 1. The Labute approximate surface area is 102 Å². The van der Waals surface area contributed by atoms with Crippen LogP contribution in [0.2, 0.25) is 0 Å². The molecule has 0 aliphatic heterocycles. The summed E-state index contributed by atoms with van der Waals surface area (Å²) in [6.45, 7) is 0. The van der Waals surface area contributed by atoms with Gasteiger partial charge in [0, 0.05) is 7.05 Å². The number of aryl methyl sites for hydroxylation is 1. The zero-order valence-electron chi connectivity index (χ0n) is 9.66. The standard InChI is InChI=1S/C11H13N3O4/c1-14-6-3-2-5(4-7(6)18-11(14)17)8(12)9(13)10(15)16/h2-4,8-9H,12-13H2,1H3,(H,15,16). The quantitative estimate of drug-likeness (QED) is 0.678. The minimum absolute atomic E-state index is 0.355. The SMILES string of the molecule is Cn1c(=O)oc2cc(C(N)C(N)C(=O)O)ccc21. The lowest BCUT2D eigenvalue weighted by Gasteiger charge is -2.15. The molecule has 7 nitrogen and oxygen atoms in total. The highest BCUT2D eigenvalue weighted by Gasteiger charge is 2.22. The van der Waals surface area contributed by atoms with Crippen LogP contribution in [0.3, 0.4) is 0 Å². The maximum Gasteiger partial charge on any atom is 0.419 e. The number of fused-ring (bicyclic) bond motifs is 1. The molecule has 2 aromatic rings. The molecule has 0 aliphatic rings. The zero-order valence-corrected chi connectivity index (χ0v) is 9.66. The Morgan fingerprint density at radius 2 is 2.11 bits per heavy atom. The van der Waals surface area contributed by atoms with E-state index in [2.05, 4.69) is 0 Å². The summed E-state index contributed by atoms with van der Waals surface area (Å²) in [5, 5.41) is 8.79. The minimum atomic E-state index is -1.21. The van der Waals surface area contributed by atoms with Gasteiger partial charge in [-0.1, -0.05) is 6.07 Å².